The van der Waals surface area contributed by atoms with Gasteiger partial charge in [-0.3, -0.25) is 4.79 Å². The van der Waals surface area contributed by atoms with Crippen molar-refractivity contribution in [3.8, 4) is 11.1 Å². The van der Waals surface area contributed by atoms with Gasteiger partial charge in [-0.05, 0) is 49.2 Å². The van der Waals surface area contributed by atoms with Gasteiger partial charge in [-0.2, -0.15) is 4.98 Å². The Kier molecular flexibility index (Phi) is 5.68. The average Bonchev–Trinajstić information content (AvgIpc) is 3.15. The SMILES string of the molecule is CC(C)(O)CNC(=O)Cc1ccc(-c2cccn3nc(Nc4ccccc4)nc23)cc1. The van der Waals surface area contributed by atoms with Crippen molar-refractivity contribution in [1.82, 2.24) is 19.9 Å². The van der Waals surface area contributed by atoms with Crippen LogP contribution in [0.5, 0.6) is 0 Å². The maximum atomic E-state index is 12.1. The van der Waals surface area contributed by atoms with Crippen LogP contribution in [0.15, 0.2) is 72.9 Å². The first-order chi connectivity index (χ1) is 14.9. The van der Waals surface area contributed by atoms with Gasteiger partial charge in [0.05, 0.1) is 12.0 Å². The number of nitrogens with one attached hydrogen (secondary N) is 2. The van der Waals surface area contributed by atoms with Crippen molar-refractivity contribution < 1.29 is 9.90 Å². The van der Waals surface area contributed by atoms with Crippen LogP contribution < -0.4 is 10.6 Å². The highest BCUT2D eigenvalue weighted by Crippen LogP contribution is 2.25. The molecule has 0 saturated carbocycles. The molecule has 0 unspecified atom stereocenters. The molecule has 0 bridgehead atoms. The lowest BCUT2D eigenvalue weighted by molar-refractivity contribution is -0.121. The summed E-state index contributed by atoms with van der Waals surface area (Å²) >= 11 is 0. The van der Waals surface area contributed by atoms with Gasteiger partial charge in [0.2, 0.25) is 11.9 Å². The van der Waals surface area contributed by atoms with E-state index >= 15 is 0 Å². The highest BCUT2D eigenvalue weighted by atomic mass is 16.3. The van der Waals surface area contributed by atoms with Gasteiger partial charge in [0.25, 0.3) is 0 Å². The van der Waals surface area contributed by atoms with E-state index in [1.807, 2.05) is 72.9 Å². The number of hydrogen-bond acceptors (Lipinski definition) is 5. The first-order valence-electron chi connectivity index (χ1n) is 10.1. The molecule has 7 nitrogen and oxygen atoms in total. The normalized spacial score (nSPS) is 11.5. The Hall–Kier alpha value is -3.71. The van der Waals surface area contributed by atoms with E-state index in [2.05, 4.69) is 20.7 Å². The highest BCUT2D eigenvalue weighted by molar-refractivity contribution is 5.80. The van der Waals surface area contributed by atoms with Gasteiger partial charge in [0, 0.05) is 24.0 Å². The highest BCUT2D eigenvalue weighted by Gasteiger charge is 2.14. The Morgan fingerprint density at radius 2 is 1.77 bits per heavy atom. The summed E-state index contributed by atoms with van der Waals surface area (Å²) in [5.41, 5.74) is 3.59. The molecule has 0 saturated heterocycles. The second kappa shape index (κ2) is 8.57. The minimum Gasteiger partial charge on any atom is -0.389 e. The number of para-hydroxylation sites is 1. The number of pyridine rings is 1. The molecule has 0 aliphatic carbocycles. The summed E-state index contributed by atoms with van der Waals surface area (Å²) in [5, 5.41) is 20.2. The van der Waals surface area contributed by atoms with Gasteiger partial charge in [0.1, 0.15) is 0 Å². The first-order valence-corrected chi connectivity index (χ1v) is 10.1. The molecule has 4 aromatic rings. The minimum atomic E-state index is -0.926. The number of hydrogen-bond donors (Lipinski definition) is 3. The molecule has 0 radical (unpaired) electrons. The van der Waals surface area contributed by atoms with Crippen molar-refractivity contribution in [2.45, 2.75) is 25.9 Å². The van der Waals surface area contributed by atoms with Gasteiger partial charge in [-0.1, -0.05) is 42.5 Å². The molecule has 1 amide bonds. The molecule has 2 aromatic heterocycles. The quantitative estimate of drug-likeness (QED) is 0.429. The van der Waals surface area contributed by atoms with Crippen molar-refractivity contribution in [3.63, 3.8) is 0 Å². The number of carbonyl (C=O) groups excluding carboxylic acids is 1. The van der Waals surface area contributed by atoms with Gasteiger partial charge in [0.15, 0.2) is 5.65 Å². The zero-order valence-corrected chi connectivity index (χ0v) is 17.5. The lowest BCUT2D eigenvalue weighted by Crippen LogP contribution is -2.38. The van der Waals surface area contributed by atoms with Crippen LogP contribution in [0, 0.1) is 0 Å². The van der Waals surface area contributed by atoms with Gasteiger partial charge < -0.3 is 15.7 Å². The molecule has 0 fully saturated rings. The number of fused-ring (bicyclic) bond motifs is 1. The van der Waals surface area contributed by atoms with Crippen LogP contribution in [0.1, 0.15) is 19.4 Å². The molecule has 0 atom stereocenters. The standard InChI is InChI=1S/C24H25N5O2/c1-24(2,31)16-25-21(30)15-17-10-12-18(13-11-17)20-9-6-14-29-22(20)27-23(28-29)26-19-7-4-3-5-8-19/h3-14,31H,15-16H2,1-2H3,(H,25,30)(H,26,28). The zero-order valence-electron chi connectivity index (χ0n) is 17.5. The van der Waals surface area contributed by atoms with E-state index in [4.69, 9.17) is 0 Å². The van der Waals surface area contributed by atoms with Crippen LogP contribution in [0.3, 0.4) is 0 Å². The number of carbonyl (C=O) groups is 1. The molecule has 3 N–H and O–H groups in total. The monoisotopic (exact) mass is 415 g/mol. The van der Waals surface area contributed by atoms with Gasteiger partial charge >= 0.3 is 0 Å². The Bertz CT molecular complexity index is 1180. The van der Waals surface area contributed by atoms with Crippen molar-refractivity contribution in [3.05, 3.63) is 78.5 Å². The van der Waals surface area contributed by atoms with Crippen molar-refractivity contribution in [2.75, 3.05) is 11.9 Å². The number of nitrogens with zero attached hydrogens (tertiary/aromatic N) is 3. The van der Waals surface area contributed by atoms with E-state index in [-0.39, 0.29) is 18.9 Å². The predicted octanol–water partition coefficient (Wildman–Crippen LogP) is 3.57. The first kappa shape index (κ1) is 20.6. The van der Waals surface area contributed by atoms with Crippen LogP contribution in [-0.4, -0.2) is 37.8 Å². The van der Waals surface area contributed by atoms with Gasteiger partial charge in [-0.15, -0.1) is 5.10 Å². The average molecular weight is 415 g/mol. The Morgan fingerprint density at radius 1 is 1.03 bits per heavy atom. The molecule has 31 heavy (non-hydrogen) atoms. The number of anilines is 2. The zero-order chi connectivity index (χ0) is 21.8. The van der Waals surface area contributed by atoms with E-state index in [1.165, 1.54) is 0 Å². The summed E-state index contributed by atoms with van der Waals surface area (Å²) < 4.78 is 1.75. The Morgan fingerprint density at radius 3 is 2.48 bits per heavy atom. The van der Waals surface area contributed by atoms with E-state index < -0.39 is 5.60 Å². The molecule has 0 aliphatic heterocycles. The third kappa shape index (κ3) is 5.26. The van der Waals surface area contributed by atoms with Gasteiger partial charge in [-0.25, -0.2) is 4.52 Å². The molecular formula is C24H25N5O2. The van der Waals surface area contributed by atoms with E-state index in [0.717, 1.165) is 28.0 Å². The topological polar surface area (TPSA) is 91.5 Å². The summed E-state index contributed by atoms with van der Waals surface area (Å²) in [6, 6.07) is 21.5. The van der Waals surface area contributed by atoms with Crippen molar-refractivity contribution >= 4 is 23.2 Å². The molecule has 7 heteroatoms. The van der Waals surface area contributed by atoms with E-state index in [9.17, 15) is 9.90 Å². The smallest absolute Gasteiger partial charge is 0.247 e. The molecule has 0 spiro atoms. The molecule has 0 aliphatic rings. The lowest BCUT2D eigenvalue weighted by atomic mass is 10.0. The molecule has 2 aromatic carbocycles. The van der Waals surface area contributed by atoms with Crippen molar-refractivity contribution in [2.24, 2.45) is 0 Å². The number of rotatable bonds is 7. The van der Waals surface area contributed by atoms with E-state index in [0.29, 0.717) is 5.95 Å². The lowest BCUT2D eigenvalue weighted by Gasteiger charge is -2.17. The van der Waals surface area contributed by atoms with Crippen molar-refractivity contribution in [1.29, 1.82) is 0 Å². The maximum Gasteiger partial charge on any atom is 0.247 e. The van der Waals surface area contributed by atoms with Crippen LogP contribution in [0.4, 0.5) is 11.6 Å². The van der Waals surface area contributed by atoms with Crippen LogP contribution in [0.2, 0.25) is 0 Å². The summed E-state index contributed by atoms with van der Waals surface area (Å²) in [6.07, 6.45) is 2.12. The summed E-state index contributed by atoms with van der Waals surface area (Å²) in [4.78, 5) is 16.7. The summed E-state index contributed by atoms with van der Waals surface area (Å²) in [6.45, 7) is 3.54. The number of aliphatic hydroxyl groups is 1. The molecule has 4 rings (SSSR count). The third-order valence-corrected chi connectivity index (χ3v) is 4.74. The number of amides is 1. The summed E-state index contributed by atoms with van der Waals surface area (Å²) in [5.74, 6) is 0.407. The minimum absolute atomic E-state index is 0.119. The molecular weight excluding hydrogens is 390 g/mol. The molecule has 158 valence electrons. The van der Waals surface area contributed by atoms with Crippen LogP contribution >= 0.6 is 0 Å². The Balaban J connectivity index is 1.51. The fraction of sp³-hybridized carbons (Fsp3) is 0.208. The third-order valence-electron chi connectivity index (χ3n) is 4.74. The molecule has 2 heterocycles. The van der Waals surface area contributed by atoms with Crippen LogP contribution in [-0.2, 0) is 11.2 Å². The maximum absolute atomic E-state index is 12.1. The largest absolute Gasteiger partial charge is 0.389 e. The Labute approximate surface area is 180 Å². The number of aromatic nitrogens is 3. The predicted molar refractivity (Wildman–Crippen MR) is 121 cm³/mol. The van der Waals surface area contributed by atoms with E-state index in [1.54, 1.807) is 18.4 Å². The summed E-state index contributed by atoms with van der Waals surface area (Å²) in [7, 11) is 0. The number of benzene rings is 2. The fourth-order valence-electron chi connectivity index (χ4n) is 3.20. The van der Waals surface area contributed by atoms with Crippen LogP contribution in [0.25, 0.3) is 16.8 Å². The fourth-order valence-corrected chi connectivity index (χ4v) is 3.20. The second-order valence-corrected chi connectivity index (χ2v) is 8.08. The second-order valence-electron chi connectivity index (χ2n) is 8.08.